The standard InChI is InChI=1S/C20H25N3O5S2/c1-2-28-16-5-7-17(8-6-16)30(26,27)23-13-11-22(12-14-23)19(24)9-10-21-20(25)18-4-3-15-29-18/h3-8,15H,2,9-14H2,1H3,(H,21,25). The summed E-state index contributed by atoms with van der Waals surface area (Å²) >= 11 is 1.34. The Hall–Kier alpha value is -2.43. The smallest absolute Gasteiger partial charge is 0.261 e. The van der Waals surface area contributed by atoms with Crippen molar-refractivity contribution in [2.45, 2.75) is 18.2 Å². The van der Waals surface area contributed by atoms with Crippen molar-refractivity contribution < 1.29 is 22.7 Å². The Labute approximate surface area is 180 Å². The highest BCUT2D eigenvalue weighted by atomic mass is 32.2. The highest BCUT2D eigenvalue weighted by Crippen LogP contribution is 2.21. The van der Waals surface area contributed by atoms with Crippen molar-refractivity contribution >= 4 is 33.2 Å². The first-order valence-electron chi connectivity index (χ1n) is 9.74. The van der Waals surface area contributed by atoms with Crippen molar-refractivity contribution in [3.05, 3.63) is 46.7 Å². The molecule has 1 aromatic heterocycles. The van der Waals surface area contributed by atoms with E-state index in [1.165, 1.54) is 27.8 Å². The number of nitrogens with zero attached hydrogens (tertiary/aromatic N) is 2. The fourth-order valence-electron chi connectivity index (χ4n) is 3.14. The summed E-state index contributed by atoms with van der Waals surface area (Å²) < 4.78 is 32.4. The molecule has 10 heteroatoms. The molecule has 2 heterocycles. The molecule has 0 spiro atoms. The largest absolute Gasteiger partial charge is 0.494 e. The van der Waals surface area contributed by atoms with Gasteiger partial charge in [-0.05, 0) is 42.6 Å². The summed E-state index contributed by atoms with van der Waals surface area (Å²) in [6, 6.07) is 9.88. The van der Waals surface area contributed by atoms with Crippen LogP contribution in [-0.2, 0) is 14.8 Å². The van der Waals surface area contributed by atoms with Crippen LogP contribution in [0.4, 0.5) is 0 Å². The molecule has 1 N–H and O–H groups in total. The molecule has 1 saturated heterocycles. The average molecular weight is 452 g/mol. The Balaban J connectivity index is 1.47. The van der Waals surface area contributed by atoms with Crippen LogP contribution in [0.15, 0.2) is 46.7 Å². The van der Waals surface area contributed by atoms with Crippen LogP contribution in [0.3, 0.4) is 0 Å². The Bertz CT molecular complexity index is 951. The fourth-order valence-corrected chi connectivity index (χ4v) is 5.20. The maximum Gasteiger partial charge on any atom is 0.261 e. The van der Waals surface area contributed by atoms with E-state index in [-0.39, 0.29) is 42.8 Å². The topological polar surface area (TPSA) is 96.0 Å². The minimum atomic E-state index is -3.61. The molecule has 1 fully saturated rings. The van der Waals surface area contributed by atoms with E-state index in [0.29, 0.717) is 30.3 Å². The van der Waals surface area contributed by atoms with Crippen LogP contribution in [0, 0.1) is 0 Å². The Morgan fingerprint density at radius 2 is 1.80 bits per heavy atom. The number of rotatable bonds is 8. The summed E-state index contributed by atoms with van der Waals surface area (Å²) in [4.78, 5) is 26.7. The van der Waals surface area contributed by atoms with Crippen LogP contribution < -0.4 is 10.1 Å². The van der Waals surface area contributed by atoms with E-state index in [1.807, 2.05) is 12.3 Å². The first kappa shape index (κ1) is 22.3. The van der Waals surface area contributed by atoms with E-state index >= 15 is 0 Å². The van der Waals surface area contributed by atoms with E-state index in [0.717, 1.165) is 0 Å². The van der Waals surface area contributed by atoms with Gasteiger partial charge in [0.15, 0.2) is 0 Å². The molecule has 3 rings (SSSR count). The molecule has 30 heavy (non-hydrogen) atoms. The van der Waals surface area contributed by atoms with Gasteiger partial charge >= 0.3 is 0 Å². The number of benzene rings is 1. The highest BCUT2D eigenvalue weighted by molar-refractivity contribution is 7.89. The predicted molar refractivity (Wildman–Crippen MR) is 114 cm³/mol. The second-order valence-electron chi connectivity index (χ2n) is 6.67. The molecular weight excluding hydrogens is 426 g/mol. The van der Waals surface area contributed by atoms with Crippen LogP contribution in [0.25, 0.3) is 0 Å². The molecule has 0 bridgehead atoms. The number of thiophene rings is 1. The molecule has 8 nitrogen and oxygen atoms in total. The summed E-state index contributed by atoms with van der Waals surface area (Å²) in [5.41, 5.74) is 0. The van der Waals surface area contributed by atoms with Crippen LogP contribution >= 0.6 is 11.3 Å². The number of carbonyl (C=O) groups is 2. The first-order valence-corrected chi connectivity index (χ1v) is 12.1. The third kappa shape index (κ3) is 5.38. The van der Waals surface area contributed by atoms with Crippen LogP contribution in [-0.4, -0.2) is 68.8 Å². The molecule has 1 aliphatic heterocycles. The quantitative estimate of drug-likeness (QED) is 0.660. The molecule has 0 radical (unpaired) electrons. The van der Waals surface area contributed by atoms with Crippen molar-refractivity contribution in [3.63, 3.8) is 0 Å². The molecule has 0 atom stereocenters. The van der Waals surface area contributed by atoms with Crippen molar-refractivity contribution in [2.24, 2.45) is 0 Å². The monoisotopic (exact) mass is 451 g/mol. The number of hydrogen-bond acceptors (Lipinski definition) is 6. The lowest BCUT2D eigenvalue weighted by molar-refractivity contribution is -0.132. The van der Waals surface area contributed by atoms with E-state index in [1.54, 1.807) is 29.2 Å². The maximum absolute atomic E-state index is 12.8. The predicted octanol–water partition coefficient (Wildman–Crippen LogP) is 1.80. The summed E-state index contributed by atoms with van der Waals surface area (Å²) in [6.45, 7) is 3.76. The molecule has 2 aromatic rings. The molecule has 1 aliphatic rings. The lowest BCUT2D eigenvalue weighted by Crippen LogP contribution is -2.50. The number of nitrogens with one attached hydrogen (secondary N) is 1. The van der Waals surface area contributed by atoms with E-state index in [4.69, 9.17) is 4.74 Å². The Kier molecular flexibility index (Phi) is 7.46. The molecule has 0 aliphatic carbocycles. The molecule has 1 aromatic carbocycles. The summed E-state index contributed by atoms with van der Waals surface area (Å²) in [6.07, 6.45) is 0.183. The molecule has 162 valence electrons. The Morgan fingerprint density at radius 1 is 1.10 bits per heavy atom. The normalized spacial score (nSPS) is 15.0. The zero-order valence-corrected chi connectivity index (χ0v) is 18.4. The molecule has 0 saturated carbocycles. The maximum atomic E-state index is 12.8. The minimum absolute atomic E-state index is 0.0976. The van der Waals surface area contributed by atoms with Gasteiger partial charge in [-0.1, -0.05) is 6.07 Å². The number of hydrogen-bond donors (Lipinski definition) is 1. The van der Waals surface area contributed by atoms with Crippen molar-refractivity contribution in [1.29, 1.82) is 0 Å². The average Bonchev–Trinajstić information content (AvgIpc) is 3.29. The van der Waals surface area contributed by atoms with Gasteiger partial charge in [0.2, 0.25) is 15.9 Å². The number of carbonyl (C=O) groups excluding carboxylic acids is 2. The molecule has 0 unspecified atom stereocenters. The fraction of sp³-hybridized carbons (Fsp3) is 0.400. The van der Waals surface area contributed by atoms with Crippen molar-refractivity contribution in [1.82, 2.24) is 14.5 Å². The summed E-state index contributed by atoms with van der Waals surface area (Å²) in [7, 11) is -3.61. The number of piperazine rings is 1. The van der Waals surface area contributed by atoms with Gasteiger partial charge < -0.3 is 15.0 Å². The van der Waals surface area contributed by atoms with Crippen LogP contribution in [0.5, 0.6) is 5.75 Å². The van der Waals surface area contributed by atoms with Gasteiger partial charge in [0.25, 0.3) is 5.91 Å². The van der Waals surface area contributed by atoms with E-state index < -0.39 is 10.0 Å². The molecular formula is C20H25N3O5S2. The lowest BCUT2D eigenvalue weighted by Gasteiger charge is -2.34. The number of sulfonamides is 1. The number of ether oxygens (including phenoxy) is 1. The van der Waals surface area contributed by atoms with Gasteiger partial charge in [-0.3, -0.25) is 9.59 Å². The van der Waals surface area contributed by atoms with Gasteiger partial charge in [-0.25, -0.2) is 8.42 Å². The Morgan fingerprint density at radius 3 is 2.40 bits per heavy atom. The third-order valence-corrected chi connectivity index (χ3v) is 7.51. The highest BCUT2D eigenvalue weighted by Gasteiger charge is 2.30. The van der Waals surface area contributed by atoms with Crippen molar-refractivity contribution in [3.8, 4) is 5.75 Å². The van der Waals surface area contributed by atoms with Crippen molar-refractivity contribution in [2.75, 3.05) is 39.3 Å². The second kappa shape index (κ2) is 10.1. The van der Waals surface area contributed by atoms with Gasteiger partial charge in [0.05, 0.1) is 16.4 Å². The van der Waals surface area contributed by atoms with Gasteiger partial charge in [0.1, 0.15) is 5.75 Å². The van der Waals surface area contributed by atoms with E-state index in [9.17, 15) is 18.0 Å². The summed E-state index contributed by atoms with van der Waals surface area (Å²) in [5, 5.41) is 4.55. The van der Waals surface area contributed by atoms with Crippen LogP contribution in [0.1, 0.15) is 23.0 Å². The zero-order valence-electron chi connectivity index (χ0n) is 16.7. The van der Waals surface area contributed by atoms with Gasteiger partial charge in [-0.2, -0.15) is 4.31 Å². The third-order valence-electron chi connectivity index (χ3n) is 4.73. The van der Waals surface area contributed by atoms with E-state index in [2.05, 4.69) is 5.32 Å². The molecule has 2 amide bonds. The first-order chi connectivity index (χ1) is 14.4. The zero-order chi connectivity index (χ0) is 21.6. The summed E-state index contributed by atoms with van der Waals surface area (Å²) in [5.74, 6) is 0.335. The van der Waals surface area contributed by atoms with Gasteiger partial charge in [0, 0.05) is 39.1 Å². The van der Waals surface area contributed by atoms with Gasteiger partial charge in [-0.15, -0.1) is 11.3 Å². The number of amides is 2. The second-order valence-corrected chi connectivity index (χ2v) is 9.56. The SMILES string of the molecule is CCOc1ccc(S(=O)(=O)N2CCN(C(=O)CCNC(=O)c3cccs3)CC2)cc1. The van der Waals surface area contributed by atoms with Crippen LogP contribution in [0.2, 0.25) is 0 Å². The lowest BCUT2D eigenvalue weighted by atomic mass is 10.3. The minimum Gasteiger partial charge on any atom is -0.494 e.